The molecule has 0 amide bonds. The summed E-state index contributed by atoms with van der Waals surface area (Å²) >= 11 is 1.49. The quantitative estimate of drug-likeness (QED) is 0.775. The molecule has 1 aromatic rings. The Bertz CT molecular complexity index is 545. The molecule has 0 aliphatic heterocycles. The van der Waals surface area contributed by atoms with Gasteiger partial charge in [-0.3, -0.25) is 0 Å². The Labute approximate surface area is 126 Å². The zero-order valence-corrected chi connectivity index (χ0v) is 14.0. The first-order valence-electron chi connectivity index (χ1n) is 7.18. The van der Waals surface area contributed by atoms with Crippen LogP contribution < -0.4 is 10.0 Å². The highest BCUT2D eigenvalue weighted by molar-refractivity contribution is 7.89. The molecule has 1 heterocycles. The van der Waals surface area contributed by atoms with Crippen LogP contribution in [-0.4, -0.2) is 21.5 Å². The summed E-state index contributed by atoms with van der Waals surface area (Å²) in [5.74, 6) is 0.522. The van der Waals surface area contributed by atoms with Gasteiger partial charge in [0.05, 0.1) is 4.90 Å². The smallest absolute Gasteiger partial charge is 0.241 e. The average molecular weight is 316 g/mol. The van der Waals surface area contributed by atoms with Gasteiger partial charge in [-0.2, -0.15) is 0 Å². The molecule has 20 heavy (non-hydrogen) atoms. The summed E-state index contributed by atoms with van der Waals surface area (Å²) in [6.45, 7) is 8.36. The summed E-state index contributed by atoms with van der Waals surface area (Å²) in [5.41, 5.74) is 0.185. The van der Waals surface area contributed by atoms with Crippen molar-refractivity contribution in [3.8, 4) is 0 Å². The van der Waals surface area contributed by atoms with E-state index in [4.69, 9.17) is 0 Å². The molecule has 1 aliphatic rings. The van der Waals surface area contributed by atoms with Gasteiger partial charge in [0.2, 0.25) is 10.0 Å². The largest absolute Gasteiger partial charge is 0.312 e. The summed E-state index contributed by atoms with van der Waals surface area (Å²) in [7, 11) is -3.38. The highest BCUT2D eigenvalue weighted by atomic mass is 32.2. The number of rotatable bonds is 8. The maximum atomic E-state index is 12.4. The van der Waals surface area contributed by atoms with Gasteiger partial charge in [0.15, 0.2) is 0 Å². The Morgan fingerprint density at radius 1 is 1.40 bits per heavy atom. The normalized spacial score (nSPS) is 17.6. The van der Waals surface area contributed by atoms with Gasteiger partial charge in [0, 0.05) is 18.0 Å². The van der Waals surface area contributed by atoms with Gasteiger partial charge >= 0.3 is 0 Å². The van der Waals surface area contributed by atoms with E-state index in [-0.39, 0.29) is 5.41 Å². The van der Waals surface area contributed by atoms with Crippen LogP contribution in [0.15, 0.2) is 16.3 Å². The third-order valence-electron chi connectivity index (χ3n) is 4.26. The van der Waals surface area contributed by atoms with Gasteiger partial charge in [-0.15, -0.1) is 11.3 Å². The van der Waals surface area contributed by atoms with Crippen molar-refractivity contribution in [2.45, 2.75) is 45.1 Å². The minimum Gasteiger partial charge on any atom is -0.312 e. The number of thiophene rings is 1. The van der Waals surface area contributed by atoms with Crippen molar-refractivity contribution in [2.75, 3.05) is 13.1 Å². The second-order valence-corrected chi connectivity index (χ2v) is 8.57. The van der Waals surface area contributed by atoms with Crippen LogP contribution in [0.4, 0.5) is 0 Å². The van der Waals surface area contributed by atoms with Crippen LogP contribution in [-0.2, 0) is 16.6 Å². The van der Waals surface area contributed by atoms with Gasteiger partial charge in [-0.25, -0.2) is 13.1 Å². The predicted molar refractivity (Wildman–Crippen MR) is 83.4 cm³/mol. The van der Waals surface area contributed by atoms with Crippen LogP contribution in [0.1, 0.15) is 38.5 Å². The minimum absolute atomic E-state index is 0.185. The van der Waals surface area contributed by atoms with Gasteiger partial charge in [0.25, 0.3) is 0 Å². The highest BCUT2D eigenvalue weighted by Crippen LogP contribution is 2.51. The molecule has 1 aromatic heterocycles. The summed E-state index contributed by atoms with van der Waals surface area (Å²) in [6, 6.07) is 1.70. The van der Waals surface area contributed by atoms with Crippen molar-refractivity contribution in [1.29, 1.82) is 0 Å². The van der Waals surface area contributed by atoms with Gasteiger partial charge in [-0.05, 0) is 42.2 Å². The Morgan fingerprint density at radius 2 is 2.10 bits per heavy atom. The van der Waals surface area contributed by atoms with Crippen LogP contribution in [0.3, 0.4) is 0 Å². The lowest BCUT2D eigenvalue weighted by molar-refractivity contribution is 0.357. The van der Waals surface area contributed by atoms with Crippen molar-refractivity contribution in [2.24, 2.45) is 11.3 Å². The lowest BCUT2D eigenvalue weighted by atomic mass is 9.93. The molecule has 2 rings (SSSR count). The molecule has 1 fully saturated rings. The minimum atomic E-state index is -3.38. The van der Waals surface area contributed by atoms with Crippen molar-refractivity contribution in [3.05, 3.63) is 16.3 Å². The Morgan fingerprint density at radius 3 is 2.65 bits per heavy atom. The lowest BCUT2D eigenvalue weighted by Crippen LogP contribution is -2.33. The van der Waals surface area contributed by atoms with E-state index >= 15 is 0 Å². The van der Waals surface area contributed by atoms with Crippen LogP contribution in [0, 0.1) is 11.3 Å². The predicted octanol–water partition coefficient (Wildman–Crippen LogP) is 2.57. The Kier molecular flexibility index (Phi) is 4.89. The summed E-state index contributed by atoms with van der Waals surface area (Å²) in [4.78, 5) is 1.32. The zero-order valence-electron chi connectivity index (χ0n) is 12.4. The van der Waals surface area contributed by atoms with Crippen LogP contribution in [0.5, 0.6) is 0 Å². The molecule has 1 aliphatic carbocycles. The summed E-state index contributed by atoms with van der Waals surface area (Å²) in [6.07, 6.45) is 2.25. The fraction of sp³-hybridized carbons (Fsp3) is 0.714. The number of hydrogen-bond donors (Lipinski definition) is 2. The molecule has 6 heteroatoms. The topological polar surface area (TPSA) is 58.2 Å². The Hall–Kier alpha value is -0.430. The molecule has 1 saturated carbocycles. The Balaban J connectivity index is 2.05. The maximum absolute atomic E-state index is 12.4. The third kappa shape index (κ3) is 3.42. The van der Waals surface area contributed by atoms with E-state index in [1.807, 2.05) is 12.3 Å². The molecule has 0 spiro atoms. The molecule has 0 aromatic carbocycles. The molecule has 0 bridgehead atoms. The summed E-state index contributed by atoms with van der Waals surface area (Å²) in [5, 5.41) is 5.03. The fourth-order valence-corrected chi connectivity index (χ4v) is 4.92. The maximum Gasteiger partial charge on any atom is 0.241 e. The highest BCUT2D eigenvalue weighted by Gasteiger charge is 2.45. The first-order chi connectivity index (χ1) is 9.41. The molecule has 0 unspecified atom stereocenters. The molecule has 114 valence electrons. The molecular formula is C14H24N2O2S2. The number of nitrogens with one attached hydrogen (secondary N) is 2. The van der Waals surface area contributed by atoms with Crippen LogP contribution >= 0.6 is 11.3 Å². The standard InChI is InChI=1S/C14H24N2O2S2/c1-4-15-9-12-13(5-8-19-12)20(17,18)16-10-14(6-7-14)11(2)3/h5,8,11,15-16H,4,6-7,9-10H2,1-3H3. The van der Waals surface area contributed by atoms with Crippen molar-refractivity contribution >= 4 is 21.4 Å². The van der Waals surface area contributed by atoms with E-state index < -0.39 is 10.0 Å². The van der Waals surface area contributed by atoms with E-state index in [1.165, 1.54) is 11.3 Å². The summed E-state index contributed by atoms with van der Waals surface area (Å²) < 4.78 is 27.7. The molecule has 0 atom stereocenters. The van der Waals surface area contributed by atoms with E-state index in [9.17, 15) is 8.42 Å². The van der Waals surface area contributed by atoms with Crippen molar-refractivity contribution in [1.82, 2.24) is 10.0 Å². The van der Waals surface area contributed by atoms with E-state index in [0.717, 1.165) is 24.3 Å². The number of sulfonamides is 1. The average Bonchev–Trinajstić information content (AvgIpc) is 3.05. The molecule has 0 saturated heterocycles. The lowest BCUT2D eigenvalue weighted by Gasteiger charge is -2.20. The van der Waals surface area contributed by atoms with Gasteiger partial charge in [-0.1, -0.05) is 20.8 Å². The zero-order chi connectivity index (χ0) is 14.8. The van der Waals surface area contributed by atoms with Gasteiger partial charge < -0.3 is 5.32 Å². The van der Waals surface area contributed by atoms with Crippen molar-refractivity contribution < 1.29 is 8.42 Å². The van der Waals surface area contributed by atoms with Crippen LogP contribution in [0.25, 0.3) is 0 Å². The van der Waals surface area contributed by atoms with E-state index in [1.54, 1.807) is 6.07 Å². The number of hydrogen-bond acceptors (Lipinski definition) is 4. The molecular weight excluding hydrogens is 292 g/mol. The monoisotopic (exact) mass is 316 g/mol. The van der Waals surface area contributed by atoms with Gasteiger partial charge in [0.1, 0.15) is 0 Å². The SMILES string of the molecule is CCNCc1sccc1S(=O)(=O)NCC1(C(C)C)CC1. The second kappa shape index (κ2) is 6.13. The second-order valence-electron chi connectivity index (χ2n) is 5.83. The molecule has 0 radical (unpaired) electrons. The van der Waals surface area contributed by atoms with Crippen molar-refractivity contribution in [3.63, 3.8) is 0 Å². The third-order valence-corrected chi connectivity index (χ3v) is 6.80. The first kappa shape index (κ1) is 15.9. The first-order valence-corrected chi connectivity index (χ1v) is 9.54. The van der Waals surface area contributed by atoms with E-state index in [2.05, 4.69) is 23.9 Å². The molecule has 2 N–H and O–H groups in total. The van der Waals surface area contributed by atoms with Crippen LogP contribution in [0.2, 0.25) is 0 Å². The molecule has 4 nitrogen and oxygen atoms in total. The van der Waals surface area contributed by atoms with E-state index in [0.29, 0.717) is 23.9 Å². The fourth-order valence-electron chi connectivity index (χ4n) is 2.37.